The van der Waals surface area contributed by atoms with E-state index in [9.17, 15) is 0 Å². The molecule has 1 aromatic rings. The van der Waals surface area contributed by atoms with Crippen molar-refractivity contribution in [3.63, 3.8) is 0 Å². The summed E-state index contributed by atoms with van der Waals surface area (Å²) in [6.45, 7) is 9.11. The lowest BCUT2D eigenvalue weighted by atomic mass is 10.0. The van der Waals surface area contributed by atoms with Gasteiger partial charge in [0, 0.05) is 6.04 Å². The van der Waals surface area contributed by atoms with E-state index in [0.29, 0.717) is 19.3 Å². The van der Waals surface area contributed by atoms with Crippen LogP contribution in [0.5, 0.6) is 11.5 Å². The maximum atomic E-state index is 5.60. The van der Waals surface area contributed by atoms with Gasteiger partial charge in [-0.15, -0.1) is 0 Å². The van der Waals surface area contributed by atoms with Crippen molar-refractivity contribution >= 4 is 0 Å². The normalized spacial score (nSPS) is 17.0. The van der Waals surface area contributed by atoms with E-state index in [-0.39, 0.29) is 0 Å². The Morgan fingerprint density at radius 2 is 1.89 bits per heavy atom. The molecule has 3 nitrogen and oxygen atoms in total. The topological polar surface area (TPSA) is 30.5 Å². The lowest BCUT2D eigenvalue weighted by molar-refractivity contribution is 0.171. The van der Waals surface area contributed by atoms with E-state index in [2.05, 4.69) is 38.2 Å². The van der Waals surface area contributed by atoms with Gasteiger partial charge in [0.15, 0.2) is 11.5 Å². The molecule has 1 aromatic carbocycles. The van der Waals surface area contributed by atoms with Gasteiger partial charge in [0.2, 0.25) is 0 Å². The Balaban J connectivity index is 1.83. The van der Waals surface area contributed by atoms with Crippen molar-refractivity contribution in [2.75, 3.05) is 19.8 Å². The third-order valence-electron chi connectivity index (χ3n) is 3.98. The third kappa shape index (κ3) is 3.87. The fraction of sp³-hybridized carbons (Fsp3) is 0.625. The Bertz CT molecular complexity index is 406. The zero-order valence-corrected chi connectivity index (χ0v) is 12.2. The second-order valence-corrected chi connectivity index (χ2v) is 5.36. The average Bonchev–Trinajstić information content (AvgIpc) is 2.46. The van der Waals surface area contributed by atoms with Gasteiger partial charge in [-0.05, 0) is 43.5 Å². The Morgan fingerprint density at radius 1 is 1.16 bits per heavy atom. The summed E-state index contributed by atoms with van der Waals surface area (Å²) in [5.74, 6) is 2.48. The van der Waals surface area contributed by atoms with Gasteiger partial charge in [0.1, 0.15) is 13.2 Å². The van der Waals surface area contributed by atoms with Crippen molar-refractivity contribution in [3.8, 4) is 11.5 Å². The summed E-state index contributed by atoms with van der Waals surface area (Å²) in [4.78, 5) is 0. The highest BCUT2D eigenvalue weighted by atomic mass is 16.6. The molecule has 0 fully saturated rings. The monoisotopic (exact) mass is 263 g/mol. The molecule has 0 radical (unpaired) electrons. The van der Waals surface area contributed by atoms with Gasteiger partial charge >= 0.3 is 0 Å². The average molecular weight is 263 g/mol. The molecule has 0 saturated heterocycles. The second-order valence-electron chi connectivity index (χ2n) is 5.36. The van der Waals surface area contributed by atoms with Crippen LogP contribution in [-0.4, -0.2) is 25.8 Å². The number of nitrogens with one attached hydrogen (secondary N) is 1. The summed E-state index contributed by atoms with van der Waals surface area (Å²) < 4.78 is 11.1. The van der Waals surface area contributed by atoms with Gasteiger partial charge in [0.05, 0.1) is 0 Å². The van der Waals surface area contributed by atoms with Crippen LogP contribution >= 0.6 is 0 Å². The summed E-state index contributed by atoms with van der Waals surface area (Å²) in [6, 6.07) is 6.82. The largest absolute Gasteiger partial charge is 0.486 e. The molecule has 0 aliphatic carbocycles. The molecule has 2 atom stereocenters. The zero-order chi connectivity index (χ0) is 13.7. The highest BCUT2D eigenvalue weighted by molar-refractivity contribution is 5.43. The van der Waals surface area contributed by atoms with Crippen molar-refractivity contribution < 1.29 is 9.47 Å². The Morgan fingerprint density at radius 3 is 2.63 bits per heavy atom. The third-order valence-corrected chi connectivity index (χ3v) is 3.98. The van der Waals surface area contributed by atoms with Gasteiger partial charge in [-0.25, -0.2) is 0 Å². The predicted molar refractivity (Wildman–Crippen MR) is 78.1 cm³/mol. The van der Waals surface area contributed by atoms with Crippen LogP contribution in [0.4, 0.5) is 0 Å². The fourth-order valence-electron chi connectivity index (χ4n) is 2.24. The number of benzene rings is 1. The first-order valence-electron chi connectivity index (χ1n) is 7.32. The van der Waals surface area contributed by atoms with Crippen LogP contribution in [0.1, 0.15) is 32.8 Å². The maximum absolute atomic E-state index is 5.60. The van der Waals surface area contributed by atoms with Gasteiger partial charge in [-0.3, -0.25) is 0 Å². The number of fused-ring (bicyclic) bond motifs is 1. The maximum Gasteiger partial charge on any atom is 0.161 e. The Labute approximate surface area is 116 Å². The van der Waals surface area contributed by atoms with E-state index in [0.717, 1.165) is 30.4 Å². The van der Waals surface area contributed by atoms with Crippen LogP contribution in [0.15, 0.2) is 18.2 Å². The fourth-order valence-corrected chi connectivity index (χ4v) is 2.24. The number of rotatable bonds is 6. The minimum atomic E-state index is 0.571. The van der Waals surface area contributed by atoms with Crippen molar-refractivity contribution in [1.82, 2.24) is 5.32 Å². The predicted octanol–water partition coefficient (Wildman–Crippen LogP) is 3.02. The van der Waals surface area contributed by atoms with Crippen molar-refractivity contribution in [2.24, 2.45) is 5.92 Å². The van der Waals surface area contributed by atoms with Crippen molar-refractivity contribution in [3.05, 3.63) is 23.8 Å². The molecular formula is C16H25NO2. The first-order valence-corrected chi connectivity index (χ1v) is 7.32. The molecule has 2 rings (SSSR count). The molecule has 19 heavy (non-hydrogen) atoms. The van der Waals surface area contributed by atoms with Gasteiger partial charge in [0.25, 0.3) is 0 Å². The van der Waals surface area contributed by atoms with E-state index in [4.69, 9.17) is 9.47 Å². The van der Waals surface area contributed by atoms with Crippen LogP contribution in [0.25, 0.3) is 0 Å². The minimum Gasteiger partial charge on any atom is -0.486 e. The SMILES string of the molecule is CCC(C)C(C)NCCc1ccc2c(c1)OCCO2. The highest BCUT2D eigenvalue weighted by Crippen LogP contribution is 2.30. The molecule has 0 amide bonds. The van der Waals surface area contributed by atoms with E-state index in [1.165, 1.54) is 12.0 Å². The van der Waals surface area contributed by atoms with Crippen LogP contribution < -0.4 is 14.8 Å². The Kier molecular flexibility index (Phi) is 5.08. The van der Waals surface area contributed by atoms with Crippen LogP contribution in [0, 0.1) is 5.92 Å². The lowest BCUT2D eigenvalue weighted by Crippen LogP contribution is -2.33. The lowest BCUT2D eigenvalue weighted by Gasteiger charge is -2.21. The number of ether oxygens (including phenoxy) is 2. The van der Waals surface area contributed by atoms with Crippen LogP contribution in [0.2, 0.25) is 0 Å². The molecule has 106 valence electrons. The Hall–Kier alpha value is -1.22. The minimum absolute atomic E-state index is 0.571. The van der Waals surface area contributed by atoms with E-state index in [1.807, 2.05) is 6.07 Å². The van der Waals surface area contributed by atoms with E-state index >= 15 is 0 Å². The van der Waals surface area contributed by atoms with E-state index in [1.54, 1.807) is 0 Å². The van der Waals surface area contributed by atoms with Crippen molar-refractivity contribution in [1.29, 1.82) is 0 Å². The molecule has 3 heteroatoms. The van der Waals surface area contributed by atoms with Gasteiger partial charge < -0.3 is 14.8 Å². The number of hydrogen-bond donors (Lipinski definition) is 1. The molecule has 0 aromatic heterocycles. The molecule has 2 unspecified atom stereocenters. The molecule has 1 heterocycles. The molecule has 1 aliphatic heterocycles. The van der Waals surface area contributed by atoms with E-state index < -0.39 is 0 Å². The quantitative estimate of drug-likeness (QED) is 0.855. The smallest absolute Gasteiger partial charge is 0.161 e. The summed E-state index contributed by atoms with van der Waals surface area (Å²) in [5, 5.41) is 3.59. The van der Waals surface area contributed by atoms with Crippen LogP contribution in [-0.2, 0) is 6.42 Å². The van der Waals surface area contributed by atoms with Crippen molar-refractivity contribution in [2.45, 2.75) is 39.7 Å². The molecule has 1 N–H and O–H groups in total. The first-order chi connectivity index (χ1) is 9.20. The summed E-state index contributed by atoms with van der Waals surface area (Å²) in [5.41, 5.74) is 1.30. The standard InChI is InChI=1S/C16H25NO2/c1-4-12(2)13(3)17-8-7-14-5-6-15-16(11-14)19-10-9-18-15/h5-6,11-13,17H,4,7-10H2,1-3H3. The molecule has 1 aliphatic rings. The summed E-state index contributed by atoms with van der Waals surface area (Å²) in [6.07, 6.45) is 2.25. The molecule has 0 spiro atoms. The highest BCUT2D eigenvalue weighted by Gasteiger charge is 2.12. The summed E-state index contributed by atoms with van der Waals surface area (Å²) in [7, 11) is 0. The van der Waals surface area contributed by atoms with Gasteiger partial charge in [-0.1, -0.05) is 26.3 Å². The summed E-state index contributed by atoms with van der Waals surface area (Å²) >= 11 is 0. The van der Waals surface area contributed by atoms with Gasteiger partial charge in [-0.2, -0.15) is 0 Å². The zero-order valence-electron chi connectivity index (χ0n) is 12.2. The molecule has 0 bridgehead atoms. The second kappa shape index (κ2) is 6.80. The van der Waals surface area contributed by atoms with Crippen LogP contribution in [0.3, 0.4) is 0 Å². The number of hydrogen-bond acceptors (Lipinski definition) is 3. The molecule has 0 saturated carbocycles. The molecular weight excluding hydrogens is 238 g/mol. The first kappa shape index (κ1) is 14.2.